The predicted octanol–water partition coefficient (Wildman–Crippen LogP) is 1.73. The number of rotatable bonds is 5. The fraction of sp³-hybridized carbons (Fsp3) is 0.455. The van der Waals surface area contributed by atoms with Crippen molar-refractivity contribution in [2.24, 2.45) is 5.41 Å². The van der Waals surface area contributed by atoms with Gasteiger partial charge in [-0.15, -0.1) is 0 Å². The van der Waals surface area contributed by atoms with Crippen LogP contribution >= 0.6 is 0 Å². The SMILES string of the molecule is CNc1ncccc1OCC(C)(C)C=O. The van der Waals surface area contributed by atoms with Crippen LogP contribution in [0.15, 0.2) is 18.3 Å². The van der Waals surface area contributed by atoms with Crippen LogP contribution in [0.25, 0.3) is 0 Å². The van der Waals surface area contributed by atoms with Crippen molar-refractivity contribution in [3.63, 3.8) is 0 Å². The molecule has 0 aliphatic heterocycles. The Morgan fingerprint density at radius 1 is 1.60 bits per heavy atom. The maximum atomic E-state index is 10.7. The van der Waals surface area contributed by atoms with Crippen molar-refractivity contribution in [2.45, 2.75) is 13.8 Å². The van der Waals surface area contributed by atoms with Crippen LogP contribution in [0.3, 0.4) is 0 Å². The van der Waals surface area contributed by atoms with E-state index >= 15 is 0 Å². The van der Waals surface area contributed by atoms with Gasteiger partial charge in [0.05, 0.1) is 5.41 Å². The molecule has 1 N–H and O–H groups in total. The lowest BCUT2D eigenvalue weighted by atomic mass is 9.98. The summed E-state index contributed by atoms with van der Waals surface area (Å²) in [6, 6.07) is 3.61. The number of nitrogens with zero attached hydrogens (tertiary/aromatic N) is 1. The van der Waals surface area contributed by atoms with Crippen LogP contribution in [0.2, 0.25) is 0 Å². The van der Waals surface area contributed by atoms with Gasteiger partial charge < -0.3 is 14.8 Å². The molecule has 1 aromatic heterocycles. The second-order valence-electron chi connectivity index (χ2n) is 4.00. The Balaban J connectivity index is 2.68. The molecule has 0 saturated heterocycles. The van der Waals surface area contributed by atoms with Gasteiger partial charge in [0.1, 0.15) is 12.9 Å². The van der Waals surface area contributed by atoms with Crippen LogP contribution in [-0.2, 0) is 4.79 Å². The summed E-state index contributed by atoms with van der Waals surface area (Å²) in [5, 5.41) is 2.93. The van der Waals surface area contributed by atoms with Crippen LogP contribution in [0.1, 0.15) is 13.8 Å². The third-order valence-electron chi connectivity index (χ3n) is 1.93. The Labute approximate surface area is 89.7 Å². The minimum absolute atomic E-state index is 0.344. The first-order valence-electron chi connectivity index (χ1n) is 4.81. The number of carbonyl (C=O) groups excluding carboxylic acids is 1. The maximum Gasteiger partial charge on any atom is 0.168 e. The van der Waals surface area contributed by atoms with Gasteiger partial charge in [-0.25, -0.2) is 4.98 Å². The van der Waals surface area contributed by atoms with Crippen molar-refractivity contribution in [2.75, 3.05) is 19.0 Å². The average Bonchev–Trinajstić information content (AvgIpc) is 2.27. The Morgan fingerprint density at radius 3 is 2.93 bits per heavy atom. The molecule has 1 aromatic rings. The Bertz CT molecular complexity index is 337. The number of nitrogens with one attached hydrogen (secondary N) is 1. The molecular formula is C11H16N2O2. The highest BCUT2D eigenvalue weighted by atomic mass is 16.5. The van der Waals surface area contributed by atoms with Gasteiger partial charge in [0.2, 0.25) is 0 Å². The van der Waals surface area contributed by atoms with Gasteiger partial charge in [0.25, 0.3) is 0 Å². The molecule has 0 aliphatic carbocycles. The topological polar surface area (TPSA) is 51.2 Å². The molecule has 1 rings (SSSR count). The second-order valence-corrected chi connectivity index (χ2v) is 4.00. The largest absolute Gasteiger partial charge is 0.489 e. The van der Waals surface area contributed by atoms with Gasteiger partial charge in [-0.1, -0.05) is 0 Å². The van der Waals surface area contributed by atoms with E-state index in [0.29, 0.717) is 18.2 Å². The lowest BCUT2D eigenvalue weighted by Crippen LogP contribution is -2.23. The molecule has 0 spiro atoms. The van der Waals surface area contributed by atoms with Crippen molar-refractivity contribution in [1.82, 2.24) is 4.98 Å². The number of hydrogen-bond acceptors (Lipinski definition) is 4. The molecule has 4 heteroatoms. The minimum atomic E-state index is -0.471. The third-order valence-corrected chi connectivity index (χ3v) is 1.93. The normalized spacial score (nSPS) is 10.9. The molecule has 4 nitrogen and oxygen atoms in total. The first kappa shape index (κ1) is 11.5. The zero-order valence-electron chi connectivity index (χ0n) is 9.28. The molecule has 0 unspecified atom stereocenters. The fourth-order valence-corrected chi connectivity index (χ4v) is 0.993. The van der Waals surface area contributed by atoms with E-state index in [0.717, 1.165) is 6.29 Å². The third kappa shape index (κ3) is 3.23. The Kier molecular flexibility index (Phi) is 3.66. The van der Waals surface area contributed by atoms with E-state index in [-0.39, 0.29) is 0 Å². The summed E-state index contributed by atoms with van der Waals surface area (Å²) in [4.78, 5) is 14.8. The first-order chi connectivity index (χ1) is 7.09. The van der Waals surface area contributed by atoms with Crippen molar-refractivity contribution in [3.8, 4) is 5.75 Å². The molecule has 0 bridgehead atoms. The van der Waals surface area contributed by atoms with E-state index in [4.69, 9.17) is 4.74 Å². The molecule has 0 atom stereocenters. The molecule has 0 saturated carbocycles. The molecule has 0 aliphatic rings. The summed E-state index contributed by atoms with van der Waals surface area (Å²) in [6.07, 6.45) is 2.58. The summed E-state index contributed by atoms with van der Waals surface area (Å²) in [7, 11) is 1.78. The summed E-state index contributed by atoms with van der Waals surface area (Å²) in [5.74, 6) is 1.34. The molecular weight excluding hydrogens is 192 g/mol. The van der Waals surface area contributed by atoms with Crippen molar-refractivity contribution >= 4 is 12.1 Å². The van der Waals surface area contributed by atoms with Crippen molar-refractivity contribution < 1.29 is 9.53 Å². The van der Waals surface area contributed by atoms with E-state index in [1.165, 1.54) is 0 Å². The van der Waals surface area contributed by atoms with Crippen LogP contribution < -0.4 is 10.1 Å². The Hall–Kier alpha value is -1.58. The smallest absolute Gasteiger partial charge is 0.168 e. The quantitative estimate of drug-likeness (QED) is 0.749. The average molecular weight is 208 g/mol. The molecule has 1 heterocycles. The van der Waals surface area contributed by atoms with Crippen LogP contribution in [-0.4, -0.2) is 24.9 Å². The number of ether oxygens (including phenoxy) is 1. The molecule has 0 amide bonds. The predicted molar refractivity (Wildman–Crippen MR) is 59.1 cm³/mol. The lowest BCUT2D eigenvalue weighted by Gasteiger charge is -2.18. The van der Waals surface area contributed by atoms with Gasteiger partial charge in [-0.3, -0.25) is 0 Å². The zero-order chi connectivity index (χ0) is 11.3. The molecule has 0 radical (unpaired) electrons. The van der Waals surface area contributed by atoms with Crippen molar-refractivity contribution in [3.05, 3.63) is 18.3 Å². The number of hydrogen-bond donors (Lipinski definition) is 1. The van der Waals surface area contributed by atoms with Gasteiger partial charge in [0, 0.05) is 13.2 Å². The van der Waals surface area contributed by atoms with E-state index in [9.17, 15) is 4.79 Å². The first-order valence-corrected chi connectivity index (χ1v) is 4.81. The molecule has 0 aromatic carbocycles. The van der Waals surface area contributed by atoms with E-state index in [1.54, 1.807) is 19.3 Å². The fourth-order valence-electron chi connectivity index (χ4n) is 0.993. The van der Waals surface area contributed by atoms with Gasteiger partial charge in [0.15, 0.2) is 11.6 Å². The number of anilines is 1. The highest BCUT2D eigenvalue weighted by Gasteiger charge is 2.18. The summed E-state index contributed by atoms with van der Waals surface area (Å²) in [6.45, 7) is 4.00. The van der Waals surface area contributed by atoms with Gasteiger partial charge >= 0.3 is 0 Å². The van der Waals surface area contributed by atoms with Gasteiger partial charge in [-0.2, -0.15) is 0 Å². The van der Waals surface area contributed by atoms with Crippen LogP contribution in [0, 0.1) is 5.41 Å². The van der Waals surface area contributed by atoms with Gasteiger partial charge in [-0.05, 0) is 26.0 Å². The van der Waals surface area contributed by atoms with Crippen LogP contribution in [0.5, 0.6) is 5.75 Å². The number of carbonyl (C=O) groups is 1. The summed E-state index contributed by atoms with van der Waals surface area (Å²) in [5.41, 5.74) is -0.471. The second kappa shape index (κ2) is 4.77. The standard InChI is InChI=1S/C11H16N2O2/c1-11(2,7-14)8-15-9-5-4-6-13-10(9)12-3/h4-7H,8H2,1-3H3,(H,12,13). The number of pyridine rings is 1. The zero-order valence-corrected chi connectivity index (χ0v) is 9.28. The number of aromatic nitrogens is 1. The Morgan fingerprint density at radius 2 is 2.33 bits per heavy atom. The van der Waals surface area contributed by atoms with Crippen molar-refractivity contribution in [1.29, 1.82) is 0 Å². The summed E-state index contributed by atoms with van der Waals surface area (Å²) >= 11 is 0. The van der Waals surface area contributed by atoms with Crippen LogP contribution in [0.4, 0.5) is 5.82 Å². The van der Waals surface area contributed by atoms with E-state index in [2.05, 4.69) is 10.3 Å². The monoisotopic (exact) mass is 208 g/mol. The van der Waals surface area contributed by atoms with E-state index in [1.807, 2.05) is 19.9 Å². The lowest BCUT2D eigenvalue weighted by molar-refractivity contribution is -0.116. The molecule has 82 valence electrons. The molecule has 15 heavy (non-hydrogen) atoms. The number of aldehydes is 1. The molecule has 0 fully saturated rings. The highest BCUT2D eigenvalue weighted by Crippen LogP contribution is 2.22. The minimum Gasteiger partial charge on any atom is -0.489 e. The van der Waals surface area contributed by atoms with E-state index < -0.39 is 5.41 Å². The highest BCUT2D eigenvalue weighted by molar-refractivity contribution is 5.58. The summed E-state index contributed by atoms with van der Waals surface area (Å²) < 4.78 is 5.53. The maximum absolute atomic E-state index is 10.7.